The summed E-state index contributed by atoms with van der Waals surface area (Å²) in [5.41, 5.74) is 1.36. The van der Waals surface area contributed by atoms with Crippen LogP contribution in [-0.4, -0.2) is 21.9 Å². The van der Waals surface area contributed by atoms with E-state index in [1.807, 2.05) is 12.1 Å². The van der Waals surface area contributed by atoms with Crippen LogP contribution in [0.5, 0.6) is 0 Å². The van der Waals surface area contributed by atoms with Crippen LogP contribution in [0.25, 0.3) is 0 Å². The quantitative estimate of drug-likeness (QED) is 0.559. The van der Waals surface area contributed by atoms with Gasteiger partial charge in [0, 0.05) is 20.5 Å². The summed E-state index contributed by atoms with van der Waals surface area (Å²) < 4.78 is 5.49. The molecule has 0 unspecified atom stereocenters. The molecule has 1 aromatic heterocycles. The minimum absolute atomic E-state index is 0.0271. The van der Waals surface area contributed by atoms with Crippen molar-refractivity contribution in [1.82, 2.24) is 10.2 Å². The largest absolute Gasteiger partial charge is 0.407 e. The number of hydrogen-bond donors (Lipinski definition) is 1. The number of nitrogens with zero attached hydrogens (tertiary/aromatic N) is 2. The van der Waals surface area contributed by atoms with Gasteiger partial charge in [-0.05, 0) is 41.6 Å². The molecule has 0 saturated carbocycles. The van der Waals surface area contributed by atoms with E-state index in [1.165, 1.54) is 17.0 Å². The fourth-order valence-corrected chi connectivity index (χ4v) is 3.46. The Bertz CT molecular complexity index is 893. The first-order valence-corrected chi connectivity index (χ1v) is 9.59. The van der Waals surface area contributed by atoms with E-state index in [0.29, 0.717) is 27.9 Å². The van der Waals surface area contributed by atoms with E-state index in [-0.39, 0.29) is 6.01 Å². The highest BCUT2D eigenvalue weighted by molar-refractivity contribution is 7.99. The Kier molecular flexibility index (Phi) is 6.19. The molecule has 0 aliphatic carbocycles. The van der Waals surface area contributed by atoms with E-state index in [4.69, 9.17) is 27.6 Å². The highest BCUT2D eigenvalue weighted by Crippen LogP contribution is 2.21. The summed E-state index contributed by atoms with van der Waals surface area (Å²) in [6, 6.07) is 12.8. The molecule has 1 heterocycles. The molecule has 1 amide bonds. The van der Waals surface area contributed by atoms with Crippen LogP contribution < -0.4 is 5.32 Å². The number of nitrogens with one attached hydrogen (secondary N) is 1. The maximum atomic E-state index is 12.2. The third-order valence-corrected chi connectivity index (χ3v) is 4.73. The molecule has 3 rings (SSSR count). The molecule has 26 heavy (non-hydrogen) atoms. The lowest BCUT2D eigenvalue weighted by Crippen LogP contribution is -2.12. The van der Waals surface area contributed by atoms with Crippen molar-refractivity contribution in [1.29, 1.82) is 0 Å². The maximum absolute atomic E-state index is 12.2. The van der Waals surface area contributed by atoms with Crippen LogP contribution >= 0.6 is 35.0 Å². The Balaban J connectivity index is 1.64. The van der Waals surface area contributed by atoms with Crippen molar-refractivity contribution in [2.75, 3.05) is 11.1 Å². The van der Waals surface area contributed by atoms with Gasteiger partial charge in [0.05, 0.1) is 6.42 Å². The van der Waals surface area contributed by atoms with E-state index in [9.17, 15) is 4.79 Å². The smallest absolute Gasteiger partial charge is 0.322 e. The number of anilines is 1. The molecular formula is C18H15Cl2N3O2S. The van der Waals surface area contributed by atoms with Crippen molar-refractivity contribution in [3.8, 4) is 0 Å². The predicted octanol–water partition coefficient (Wildman–Crippen LogP) is 5.33. The van der Waals surface area contributed by atoms with Crippen molar-refractivity contribution in [2.24, 2.45) is 0 Å². The molecule has 5 nitrogen and oxygen atoms in total. The first-order chi connectivity index (χ1) is 12.5. The number of rotatable bonds is 6. The topological polar surface area (TPSA) is 68.0 Å². The summed E-state index contributed by atoms with van der Waals surface area (Å²) in [7, 11) is 0. The van der Waals surface area contributed by atoms with Crippen molar-refractivity contribution < 1.29 is 9.21 Å². The normalized spacial score (nSPS) is 10.7. The zero-order valence-electron chi connectivity index (χ0n) is 13.8. The second-order valence-corrected chi connectivity index (χ2v) is 7.58. The van der Waals surface area contributed by atoms with E-state index >= 15 is 0 Å². The zero-order chi connectivity index (χ0) is 18.5. The zero-order valence-corrected chi connectivity index (χ0v) is 16.2. The molecule has 8 heteroatoms. The summed E-state index contributed by atoms with van der Waals surface area (Å²) in [5.74, 6) is 1.02. The molecule has 134 valence electrons. The minimum Gasteiger partial charge on any atom is -0.407 e. The molecule has 0 aliphatic heterocycles. The van der Waals surface area contributed by atoms with Crippen molar-refractivity contribution in [2.45, 2.75) is 18.2 Å². The van der Waals surface area contributed by atoms with Gasteiger partial charge in [0.25, 0.3) is 5.91 Å². The number of aromatic nitrogens is 2. The van der Waals surface area contributed by atoms with Crippen molar-refractivity contribution >= 4 is 46.9 Å². The van der Waals surface area contributed by atoms with Gasteiger partial charge in [0.15, 0.2) is 0 Å². The van der Waals surface area contributed by atoms with Crippen LogP contribution in [0, 0.1) is 0 Å². The first-order valence-electron chi connectivity index (χ1n) is 7.85. The standard InChI is InChI=1S/C18H15Cl2N3O2S/c1-2-26-15-5-3-11(4-6-15)7-16-22-23-18(25-16)21-17(24)12-8-13(19)10-14(20)9-12/h3-6,8-10H,2,7H2,1H3,(H,21,23,24). The third kappa shape index (κ3) is 5.00. The van der Waals surface area contributed by atoms with Gasteiger partial charge in [0.2, 0.25) is 5.89 Å². The molecule has 0 saturated heterocycles. The lowest BCUT2D eigenvalue weighted by molar-refractivity contribution is 0.102. The number of hydrogen-bond acceptors (Lipinski definition) is 5. The Morgan fingerprint density at radius 1 is 1.12 bits per heavy atom. The maximum Gasteiger partial charge on any atom is 0.322 e. The predicted molar refractivity (Wildman–Crippen MR) is 104 cm³/mol. The van der Waals surface area contributed by atoms with Crippen LogP contribution in [0.1, 0.15) is 28.7 Å². The fourth-order valence-electron chi connectivity index (χ4n) is 2.27. The van der Waals surface area contributed by atoms with Crippen LogP contribution in [0.3, 0.4) is 0 Å². The first kappa shape index (κ1) is 18.8. The summed E-state index contributed by atoms with van der Waals surface area (Å²) in [6.07, 6.45) is 0.489. The molecule has 0 fully saturated rings. The Morgan fingerprint density at radius 2 is 1.81 bits per heavy atom. The Labute approximate surface area is 165 Å². The number of thioether (sulfide) groups is 1. The summed E-state index contributed by atoms with van der Waals surface area (Å²) >= 11 is 13.6. The SMILES string of the molecule is CCSc1ccc(Cc2nnc(NC(=O)c3cc(Cl)cc(Cl)c3)o2)cc1. The Hall–Kier alpha value is -2.02. The second kappa shape index (κ2) is 8.58. The van der Waals surface area contributed by atoms with Crippen LogP contribution in [0.15, 0.2) is 51.8 Å². The highest BCUT2D eigenvalue weighted by atomic mass is 35.5. The monoisotopic (exact) mass is 407 g/mol. The Morgan fingerprint density at radius 3 is 2.46 bits per heavy atom. The lowest BCUT2D eigenvalue weighted by Gasteiger charge is -2.02. The van der Waals surface area contributed by atoms with E-state index < -0.39 is 5.91 Å². The fraction of sp³-hybridized carbons (Fsp3) is 0.167. The summed E-state index contributed by atoms with van der Waals surface area (Å²) in [6.45, 7) is 2.12. The average molecular weight is 408 g/mol. The molecule has 0 bridgehead atoms. The molecule has 0 radical (unpaired) electrons. The van der Waals surface area contributed by atoms with Crippen LogP contribution in [0.2, 0.25) is 10.0 Å². The second-order valence-electron chi connectivity index (χ2n) is 5.37. The lowest BCUT2D eigenvalue weighted by atomic mass is 10.1. The van der Waals surface area contributed by atoms with Crippen LogP contribution in [-0.2, 0) is 6.42 Å². The van der Waals surface area contributed by atoms with Crippen molar-refractivity contribution in [3.63, 3.8) is 0 Å². The average Bonchev–Trinajstić information content (AvgIpc) is 3.03. The van der Waals surface area contributed by atoms with E-state index in [0.717, 1.165) is 11.3 Å². The van der Waals surface area contributed by atoms with Gasteiger partial charge < -0.3 is 4.42 Å². The molecule has 1 N–H and O–H groups in total. The summed E-state index contributed by atoms with van der Waals surface area (Å²) in [4.78, 5) is 13.4. The minimum atomic E-state index is -0.425. The van der Waals surface area contributed by atoms with Gasteiger partial charge >= 0.3 is 6.01 Å². The molecule has 2 aromatic carbocycles. The number of carbonyl (C=O) groups is 1. The summed E-state index contributed by atoms with van der Waals surface area (Å²) in [5, 5.41) is 11.1. The van der Waals surface area contributed by atoms with Gasteiger partial charge in [-0.2, -0.15) is 0 Å². The van der Waals surface area contributed by atoms with Crippen LogP contribution in [0.4, 0.5) is 6.01 Å². The van der Waals surface area contributed by atoms with Gasteiger partial charge in [0.1, 0.15) is 0 Å². The highest BCUT2D eigenvalue weighted by Gasteiger charge is 2.13. The number of halogens is 2. The van der Waals surface area contributed by atoms with E-state index in [1.54, 1.807) is 17.8 Å². The van der Waals surface area contributed by atoms with Gasteiger partial charge in [-0.3, -0.25) is 10.1 Å². The van der Waals surface area contributed by atoms with E-state index in [2.05, 4.69) is 34.6 Å². The molecule has 0 atom stereocenters. The molecule has 0 aliphatic rings. The number of benzene rings is 2. The third-order valence-electron chi connectivity index (χ3n) is 3.40. The number of carbonyl (C=O) groups excluding carboxylic acids is 1. The van der Waals surface area contributed by atoms with Gasteiger partial charge in [-0.1, -0.05) is 47.4 Å². The molecule has 3 aromatic rings. The van der Waals surface area contributed by atoms with Crippen molar-refractivity contribution in [3.05, 3.63) is 69.5 Å². The number of amides is 1. The van der Waals surface area contributed by atoms with Gasteiger partial charge in [-0.25, -0.2) is 0 Å². The molecular weight excluding hydrogens is 393 g/mol. The molecule has 0 spiro atoms. The van der Waals surface area contributed by atoms with Gasteiger partial charge in [-0.15, -0.1) is 16.9 Å².